The van der Waals surface area contributed by atoms with Crippen molar-refractivity contribution in [1.82, 2.24) is 14.5 Å². The van der Waals surface area contributed by atoms with E-state index in [9.17, 15) is 14.4 Å². The molecule has 1 aromatic carbocycles. The molecule has 1 amide bonds. The third kappa shape index (κ3) is 4.40. The summed E-state index contributed by atoms with van der Waals surface area (Å²) in [6, 6.07) is 10.4. The van der Waals surface area contributed by atoms with Crippen molar-refractivity contribution in [3.63, 3.8) is 0 Å². The quantitative estimate of drug-likeness (QED) is 0.563. The number of rotatable bonds is 9. The Morgan fingerprint density at radius 2 is 1.96 bits per heavy atom. The number of aromatic nitrogens is 2. The zero-order valence-corrected chi connectivity index (χ0v) is 15.7. The lowest BCUT2D eigenvalue weighted by atomic mass is 10.2. The molecule has 0 radical (unpaired) electrons. The van der Waals surface area contributed by atoms with Crippen molar-refractivity contribution < 1.29 is 13.9 Å². The number of amides is 1. The van der Waals surface area contributed by atoms with Crippen molar-refractivity contribution in [3.8, 4) is 0 Å². The molecule has 1 N–H and O–H groups in total. The zero-order valence-electron chi connectivity index (χ0n) is 15.7. The molecule has 0 bridgehead atoms. The topological polar surface area (TPSA) is 95.5 Å². The van der Waals surface area contributed by atoms with Gasteiger partial charge in [0.15, 0.2) is 0 Å². The average molecular weight is 385 g/mol. The summed E-state index contributed by atoms with van der Waals surface area (Å²) in [4.78, 5) is 37.3. The predicted molar refractivity (Wildman–Crippen MR) is 104 cm³/mol. The molecule has 8 nitrogen and oxygen atoms in total. The van der Waals surface area contributed by atoms with Gasteiger partial charge in [0, 0.05) is 19.7 Å². The molecule has 0 aliphatic heterocycles. The number of fused-ring (bicyclic) bond motifs is 1. The Hall–Kier alpha value is -3.13. The maximum absolute atomic E-state index is 12.6. The van der Waals surface area contributed by atoms with Crippen molar-refractivity contribution in [2.45, 2.75) is 33.0 Å². The van der Waals surface area contributed by atoms with Crippen LogP contribution in [0.25, 0.3) is 10.9 Å². The SMILES string of the molecule is CCn1c(=O)c2ccccc2n(CC(=O)NCCCOCc2ccco2)c1=O. The summed E-state index contributed by atoms with van der Waals surface area (Å²) >= 11 is 0. The van der Waals surface area contributed by atoms with E-state index in [1.54, 1.807) is 43.5 Å². The number of ether oxygens (including phenoxy) is 1. The van der Waals surface area contributed by atoms with Gasteiger partial charge in [-0.05, 0) is 37.6 Å². The maximum atomic E-state index is 12.6. The fourth-order valence-electron chi connectivity index (χ4n) is 2.97. The largest absolute Gasteiger partial charge is 0.467 e. The van der Waals surface area contributed by atoms with E-state index in [1.807, 2.05) is 6.07 Å². The second-order valence-corrected chi connectivity index (χ2v) is 6.27. The van der Waals surface area contributed by atoms with Gasteiger partial charge in [-0.25, -0.2) is 4.79 Å². The van der Waals surface area contributed by atoms with Crippen LogP contribution in [0.4, 0.5) is 0 Å². The van der Waals surface area contributed by atoms with Crippen LogP contribution in [0.1, 0.15) is 19.1 Å². The highest BCUT2D eigenvalue weighted by Gasteiger charge is 2.14. The van der Waals surface area contributed by atoms with Crippen LogP contribution < -0.4 is 16.6 Å². The van der Waals surface area contributed by atoms with Gasteiger partial charge in [-0.3, -0.25) is 18.7 Å². The lowest BCUT2D eigenvalue weighted by Gasteiger charge is -2.13. The van der Waals surface area contributed by atoms with E-state index < -0.39 is 5.69 Å². The van der Waals surface area contributed by atoms with Gasteiger partial charge in [-0.1, -0.05) is 12.1 Å². The molecule has 3 aromatic rings. The van der Waals surface area contributed by atoms with E-state index in [2.05, 4.69) is 5.32 Å². The third-order valence-corrected chi connectivity index (χ3v) is 4.36. The van der Waals surface area contributed by atoms with Gasteiger partial charge >= 0.3 is 5.69 Å². The van der Waals surface area contributed by atoms with E-state index >= 15 is 0 Å². The van der Waals surface area contributed by atoms with E-state index in [0.29, 0.717) is 37.1 Å². The van der Waals surface area contributed by atoms with E-state index in [0.717, 1.165) is 10.3 Å². The first-order valence-electron chi connectivity index (χ1n) is 9.21. The minimum Gasteiger partial charge on any atom is -0.467 e. The van der Waals surface area contributed by atoms with Gasteiger partial charge in [0.25, 0.3) is 5.56 Å². The standard InChI is InChI=1S/C20H23N3O5/c1-2-22-19(25)16-8-3-4-9-17(16)23(20(22)26)13-18(24)21-10-6-11-27-14-15-7-5-12-28-15/h3-5,7-9,12H,2,6,10-11,13-14H2,1H3,(H,21,24). The number of hydrogen-bond donors (Lipinski definition) is 1. The normalized spacial score (nSPS) is 11.0. The summed E-state index contributed by atoms with van der Waals surface area (Å²) in [5, 5.41) is 3.20. The van der Waals surface area contributed by atoms with Crippen LogP contribution in [0.15, 0.2) is 56.7 Å². The fraction of sp³-hybridized carbons (Fsp3) is 0.350. The molecule has 8 heteroatoms. The average Bonchev–Trinajstić information content (AvgIpc) is 3.22. The molecular weight excluding hydrogens is 362 g/mol. The Balaban J connectivity index is 1.59. The first-order chi connectivity index (χ1) is 13.6. The summed E-state index contributed by atoms with van der Waals surface area (Å²) < 4.78 is 13.1. The zero-order chi connectivity index (χ0) is 19.9. The maximum Gasteiger partial charge on any atom is 0.331 e. The first-order valence-corrected chi connectivity index (χ1v) is 9.21. The fourth-order valence-corrected chi connectivity index (χ4v) is 2.97. The van der Waals surface area contributed by atoms with E-state index in [4.69, 9.17) is 9.15 Å². The molecule has 2 aromatic heterocycles. The Morgan fingerprint density at radius 1 is 1.14 bits per heavy atom. The highest BCUT2D eigenvalue weighted by molar-refractivity contribution is 5.81. The number of nitrogens with one attached hydrogen (secondary N) is 1. The summed E-state index contributed by atoms with van der Waals surface area (Å²) in [7, 11) is 0. The van der Waals surface area contributed by atoms with Crippen molar-refractivity contribution in [2.24, 2.45) is 0 Å². The molecular formula is C20H23N3O5. The van der Waals surface area contributed by atoms with Crippen LogP contribution >= 0.6 is 0 Å². The molecule has 0 aliphatic carbocycles. The van der Waals surface area contributed by atoms with Crippen molar-refractivity contribution in [2.75, 3.05) is 13.2 Å². The molecule has 2 heterocycles. The van der Waals surface area contributed by atoms with E-state index in [-0.39, 0.29) is 24.6 Å². The molecule has 28 heavy (non-hydrogen) atoms. The molecule has 0 spiro atoms. The first kappa shape index (κ1) is 19.6. The number of benzene rings is 1. The smallest absolute Gasteiger partial charge is 0.331 e. The van der Waals surface area contributed by atoms with Crippen LogP contribution in [-0.4, -0.2) is 28.2 Å². The van der Waals surface area contributed by atoms with Crippen LogP contribution in [0, 0.1) is 0 Å². The number of carbonyl (C=O) groups excluding carboxylic acids is 1. The molecule has 0 atom stereocenters. The van der Waals surface area contributed by atoms with Crippen LogP contribution in [0.5, 0.6) is 0 Å². The van der Waals surface area contributed by atoms with Gasteiger partial charge in [-0.2, -0.15) is 0 Å². The van der Waals surface area contributed by atoms with Gasteiger partial charge < -0.3 is 14.5 Å². The van der Waals surface area contributed by atoms with E-state index in [1.165, 1.54) is 4.57 Å². The molecule has 0 aliphatic rings. The summed E-state index contributed by atoms with van der Waals surface area (Å²) in [5.74, 6) is 0.459. The predicted octanol–water partition coefficient (Wildman–Crippen LogP) is 1.50. The van der Waals surface area contributed by atoms with Gasteiger partial charge in [0.2, 0.25) is 5.91 Å². The summed E-state index contributed by atoms with van der Waals surface area (Å²) in [6.45, 7) is 3.12. The Kier molecular flexibility index (Phi) is 6.44. The molecule has 3 rings (SSSR count). The lowest BCUT2D eigenvalue weighted by molar-refractivity contribution is -0.121. The summed E-state index contributed by atoms with van der Waals surface area (Å²) in [5.41, 5.74) is -0.365. The minimum absolute atomic E-state index is 0.146. The number of para-hydroxylation sites is 1. The molecule has 0 saturated carbocycles. The number of hydrogen-bond acceptors (Lipinski definition) is 5. The van der Waals surface area contributed by atoms with Crippen molar-refractivity contribution in [1.29, 1.82) is 0 Å². The monoisotopic (exact) mass is 385 g/mol. The van der Waals surface area contributed by atoms with Crippen LogP contribution in [-0.2, 0) is 29.2 Å². The number of furan rings is 1. The summed E-state index contributed by atoms with van der Waals surface area (Å²) in [6.07, 6.45) is 2.22. The van der Waals surface area contributed by atoms with Gasteiger partial charge in [-0.15, -0.1) is 0 Å². The minimum atomic E-state index is -0.483. The van der Waals surface area contributed by atoms with Crippen LogP contribution in [0.3, 0.4) is 0 Å². The highest BCUT2D eigenvalue weighted by Crippen LogP contribution is 2.07. The Labute approximate surface area is 161 Å². The highest BCUT2D eigenvalue weighted by atomic mass is 16.5. The Morgan fingerprint density at radius 3 is 2.71 bits per heavy atom. The Bertz CT molecular complexity index is 1050. The van der Waals surface area contributed by atoms with Crippen molar-refractivity contribution in [3.05, 3.63) is 69.3 Å². The number of nitrogens with zero attached hydrogens (tertiary/aromatic N) is 2. The molecule has 0 fully saturated rings. The van der Waals surface area contributed by atoms with Gasteiger partial charge in [0.1, 0.15) is 18.9 Å². The van der Waals surface area contributed by atoms with Crippen LogP contribution in [0.2, 0.25) is 0 Å². The third-order valence-electron chi connectivity index (χ3n) is 4.36. The molecule has 0 unspecified atom stereocenters. The molecule has 0 saturated heterocycles. The molecule has 148 valence electrons. The second-order valence-electron chi connectivity index (χ2n) is 6.27. The van der Waals surface area contributed by atoms with Gasteiger partial charge in [0.05, 0.1) is 17.2 Å². The second kappa shape index (κ2) is 9.18. The van der Waals surface area contributed by atoms with Crippen molar-refractivity contribution >= 4 is 16.8 Å². The lowest BCUT2D eigenvalue weighted by Crippen LogP contribution is -2.42. The number of carbonyl (C=O) groups is 1.